The Morgan fingerprint density at radius 2 is 1.11 bits per heavy atom. The highest BCUT2D eigenvalue weighted by molar-refractivity contribution is 5.59. The summed E-state index contributed by atoms with van der Waals surface area (Å²) >= 11 is 0. The molecule has 0 N–H and O–H groups in total. The van der Waals surface area contributed by atoms with Crippen LogP contribution in [0.5, 0.6) is 0 Å². The van der Waals surface area contributed by atoms with Crippen LogP contribution in [0.25, 0.3) is 0 Å². The highest BCUT2D eigenvalue weighted by Gasteiger charge is 2.29. The van der Waals surface area contributed by atoms with Crippen molar-refractivity contribution in [1.29, 1.82) is 0 Å². The van der Waals surface area contributed by atoms with Gasteiger partial charge in [-0.25, -0.2) is 19.4 Å². The third kappa shape index (κ3) is 15.0. The van der Waals surface area contributed by atoms with Crippen molar-refractivity contribution in [3.63, 3.8) is 0 Å². The van der Waals surface area contributed by atoms with Crippen LogP contribution in [-0.2, 0) is 39.1 Å². The van der Waals surface area contributed by atoms with Crippen molar-refractivity contribution < 1.29 is 48.7 Å². The first kappa shape index (κ1) is 25.9. The zero-order valence-electron chi connectivity index (χ0n) is 16.9. The van der Waals surface area contributed by atoms with Crippen LogP contribution in [0.2, 0.25) is 0 Å². The summed E-state index contributed by atoms with van der Waals surface area (Å²) in [7, 11) is 0. The Labute approximate surface area is 165 Å². The first-order chi connectivity index (χ1) is 13.1. The zero-order valence-corrected chi connectivity index (χ0v) is 16.9. The lowest BCUT2D eigenvalue weighted by Gasteiger charge is -2.27. The summed E-state index contributed by atoms with van der Waals surface area (Å²) in [5.74, 6) is 0. The molecule has 0 amide bonds. The van der Waals surface area contributed by atoms with E-state index in [4.69, 9.17) is 9.78 Å². The van der Waals surface area contributed by atoms with E-state index in [-0.39, 0.29) is 13.2 Å². The van der Waals surface area contributed by atoms with Gasteiger partial charge in [0.2, 0.25) is 0 Å². The van der Waals surface area contributed by atoms with Crippen LogP contribution >= 0.6 is 0 Å². The lowest BCUT2D eigenvalue weighted by atomic mass is 9.94. The maximum atomic E-state index is 11.2. The van der Waals surface area contributed by atoms with E-state index in [1.807, 2.05) is 0 Å². The molecule has 28 heavy (non-hydrogen) atoms. The molecular weight excluding hydrogens is 376 g/mol. The standard InChI is InChI=1S/C18H30O10/c1-7-9-13-21-15(19)23-27-25-17(3,4)11-12-18(5,6)26-28-24-16(20)22-14-10-8-2/h7-8H,1-2,9-14H2,3-6H3. The van der Waals surface area contributed by atoms with Gasteiger partial charge in [-0.05, 0) is 63.5 Å². The molecular formula is C18H30O10. The second-order valence-electron chi connectivity index (χ2n) is 6.84. The van der Waals surface area contributed by atoms with Crippen LogP contribution < -0.4 is 0 Å². The summed E-state index contributed by atoms with van der Waals surface area (Å²) in [6.45, 7) is 14.1. The molecule has 0 aliphatic carbocycles. The van der Waals surface area contributed by atoms with Crippen molar-refractivity contribution in [1.82, 2.24) is 0 Å². The molecule has 0 unspecified atom stereocenters. The molecule has 0 fully saturated rings. The van der Waals surface area contributed by atoms with Crippen LogP contribution in [0.1, 0.15) is 53.4 Å². The van der Waals surface area contributed by atoms with Gasteiger partial charge in [-0.15, -0.1) is 13.2 Å². The van der Waals surface area contributed by atoms with Crippen molar-refractivity contribution in [3.8, 4) is 0 Å². The van der Waals surface area contributed by atoms with E-state index >= 15 is 0 Å². The van der Waals surface area contributed by atoms with Gasteiger partial charge in [-0.2, -0.15) is 9.78 Å². The summed E-state index contributed by atoms with van der Waals surface area (Å²) in [6.07, 6.45) is 2.98. The molecule has 162 valence electrons. The van der Waals surface area contributed by atoms with E-state index < -0.39 is 23.5 Å². The average Bonchev–Trinajstić information content (AvgIpc) is 2.60. The second-order valence-corrected chi connectivity index (χ2v) is 6.84. The molecule has 0 rings (SSSR count). The molecule has 10 nitrogen and oxygen atoms in total. The normalized spacial score (nSPS) is 11.4. The van der Waals surface area contributed by atoms with Crippen molar-refractivity contribution in [2.75, 3.05) is 13.2 Å². The predicted octanol–water partition coefficient (Wildman–Crippen LogP) is 4.51. The number of hydrogen-bond donors (Lipinski definition) is 0. The molecule has 0 aromatic rings. The molecule has 0 radical (unpaired) electrons. The van der Waals surface area contributed by atoms with Gasteiger partial charge in [0.15, 0.2) is 0 Å². The maximum absolute atomic E-state index is 11.2. The van der Waals surface area contributed by atoms with Crippen LogP contribution in [0.3, 0.4) is 0 Å². The summed E-state index contributed by atoms with van der Waals surface area (Å²) < 4.78 is 9.35. The Kier molecular flexibility index (Phi) is 12.9. The van der Waals surface area contributed by atoms with Crippen molar-refractivity contribution in [3.05, 3.63) is 25.3 Å². The SMILES string of the molecule is C=CCCOC(=O)OOOC(C)(C)CCC(C)(C)OOOC(=O)OCCC=C. The van der Waals surface area contributed by atoms with E-state index in [0.29, 0.717) is 25.7 Å². The van der Waals surface area contributed by atoms with Crippen molar-refractivity contribution >= 4 is 12.3 Å². The maximum Gasteiger partial charge on any atom is 0.542 e. The molecule has 0 saturated carbocycles. The van der Waals surface area contributed by atoms with Crippen LogP contribution in [0.15, 0.2) is 25.3 Å². The van der Waals surface area contributed by atoms with Gasteiger partial charge in [-0.3, -0.25) is 0 Å². The molecule has 0 bridgehead atoms. The molecule has 0 aromatic heterocycles. The second kappa shape index (κ2) is 13.9. The zero-order chi connectivity index (χ0) is 21.5. The summed E-state index contributed by atoms with van der Waals surface area (Å²) in [5, 5.41) is 8.90. The Morgan fingerprint density at radius 3 is 1.43 bits per heavy atom. The molecule has 0 saturated heterocycles. The third-order valence-corrected chi connectivity index (χ3v) is 3.14. The Balaban J connectivity index is 4.02. The molecule has 0 spiro atoms. The van der Waals surface area contributed by atoms with Gasteiger partial charge >= 0.3 is 12.3 Å². The number of rotatable bonds is 15. The fourth-order valence-electron chi connectivity index (χ4n) is 1.46. The van der Waals surface area contributed by atoms with E-state index in [0.717, 1.165) is 0 Å². The Hall–Kier alpha value is -2.14. The molecule has 0 heterocycles. The van der Waals surface area contributed by atoms with Gasteiger partial charge in [0, 0.05) is 0 Å². The number of carbonyl (C=O) groups excluding carboxylic acids is 2. The molecule has 0 aliphatic heterocycles. The molecule has 0 atom stereocenters. The summed E-state index contributed by atoms with van der Waals surface area (Å²) in [4.78, 5) is 41.2. The van der Waals surface area contributed by atoms with Gasteiger partial charge in [0.1, 0.15) is 11.2 Å². The fourth-order valence-corrected chi connectivity index (χ4v) is 1.46. The minimum Gasteiger partial charge on any atom is -0.432 e. The van der Waals surface area contributed by atoms with Gasteiger partial charge in [0.05, 0.1) is 13.2 Å². The lowest BCUT2D eigenvalue weighted by Crippen LogP contribution is -2.32. The van der Waals surface area contributed by atoms with Gasteiger partial charge in [0.25, 0.3) is 0 Å². The van der Waals surface area contributed by atoms with Gasteiger partial charge < -0.3 is 9.47 Å². The quantitative estimate of drug-likeness (QED) is 0.127. The fraction of sp³-hybridized carbons (Fsp3) is 0.667. The van der Waals surface area contributed by atoms with E-state index in [2.05, 4.69) is 42.5 Å². The minimum absolute atomic E-state index is 0.129. The molecule has 10 heteroatoms. The van der Waals surface area contributed by atoms with E-state index in [1.165, 1.54) is 0 Å². The highest BCUT2D eigenvalue weighted by Crippen LogP contribution is 2.25. The predicted molar refractivity (Wildman–Crippen MR) is 96.2 cm³/mol. The first-order valence-electron chi connectivity index (χ1n) is 8.72. The van der Waals surface area contributed by atoms with E-state index in [9.17, 15) is 9.59 Å². The monoisotopic (exact) mass is 406 g/mol. The number of hydrogen-bond acceptors (Lipinski definition) is 10. The molecule has 0 aromatic carbocycles. The summed E-state index contributed by atoms with van der Waals surface area (Å²) in [5.41, 5.74) is -1.65. The average molecular weight is 406 g/mol. The first-order valence-corrected chi connectivity index (χ1v) is 8.72. The smallest absolute Gasteiger partial charge is 0.432 e. The van der Waals surface area contributed by atoms with Crippen molar-refractivity contribution in [2.45, 2.75) is 64.6 Å². The lowest BCUT2D eigenvalue weighted by molar-refractivity contribution is -0.524. The highest BCUT2D eigenvalue weighted by atomic mass is 17.5. The van der Waals surface area contributed by atoms with Crippen molar-refractivity contribution in [2.24, 2.45) is 0 Å². The van der Waals surface area contributed by atoms with Gasteiger partial charge in [-0.1, -0.05) is 12.2 Å². The van der Waals surface area contributed by atoms with E-state index in [1.54, 1.807) is 39.8 Å². The summed E-state index contributed by atoms with van der Waals surface area (Å²) in [6, 6.07) is 0. The Bertz CT molecular complexity index is 443. The van der Waals surface area contributed by atoms with Crippen LogP contribution in [-0.4, -0.2) is 36.7 Å². The number of ether oxygens (including phenoxy) is 2. The number of carbonyl (C=O) groups is 2. The largest absolute Gasteiger partial charge is 0.542 e. The Morgan fingerprint density at radius 1 is 0.750 bits per heavy atom. The molecule has 0 aliphatic rings. The minimum atomic E-state index is -1.02. The topological polar surface area (TPSA) is 108 Å². The van der Waals surface area contributed by atoms with Crippen LogP contribution in [0.4, 0.5) is 9.59 Å². The van der Waals surface area contributed by atoms with Crippen LogP contribution in [0, 0.1) is 0 Å². The third-order valence-electron chi connectivity index (χ3n) is 3.14.